The van der Waals surface area contributed by atoms with Crippen LogP contribution in [0.2, 0.25) is 0 Å². The summed E-state index contributed by atoms with van der Waals surface area (Å²) in [5.41, 5.74) is 0.230. The van der Waals surface area contributed by atoms with Crippen LogP contribution in [0.15, 0.2) is 27.4 Å². The maximum atomic E-state index is 11.1. The second kappa shape index (κ2) is 5.36. The Morgan fingerprint density at radius 1 is 1.50 bits per heavy atom. The number of methoxy groups -OCH3 is 1. The monoisotopic (exact) mass is 282 g/mol. The molecular weight excluding hydrogens is 272 g/mol. The lowest BCUT2D eigenvalue weighted by Gasteiger charge is -2.06. The zero-order valence-electron chi connectivity index (χ0n) is 9.71. The third kappa shape index (κ3) is 2.80. The summed E-state index contributed by atoms with van der Waals surface area (Å²) >= 11 is 2.52. The normalized spacial score (nSPS) is 10.3. The van der Waals surface area contributed by atoms with Crippen LogP contribution in [0.4, 0.5) is 0 Å². The van der Waals surface area contributed by atoms with Gasteiger partial charge in [-0.2, -0.15) is 4.37 Å². The quantitative estimate of drug-likeness (QED) is 0.929. The number of carbonyl (C=O) groups is 1. The summed E-state index contributed by atoms with van der Waals surface area (Å²) in [5, 5.41) is 9.13. The van der Waals surface area contributed by atoms with Gasteiger partial charge in [0.2, 0.25) is 0 Å². The van der Waals surface area contributed by atoms with Crippen LogP contribution in [-0.2, 0) is 0 Å². The summed E-state index contributed by atoms with van der Waals surface area (Å²) in [6, 6.07) is 4.83. The number of ether oxygens (including phenoxy) is 1. The van der Waals surface area contributed by atoms with E-state index >= 15 is 0 Å². The van der Waals surface area contributed by atoms with Gasteiger partial charge < -0.3 is 9.84 Å². The molecule has 0 aliphatic rings. The predicted octanol–water partition coefficient (Wildman–Crippen LogP) is 2.70. The van der Waals surface area contributed by atoms with Gasteiger partial charge >= 0.3 is 5.97 Å². The van der Waals surface area contributed by atoms with Crippen LogP contribution in [0.1, 0.15) is 16.2 Å². The number of hydrogen-bond donors (Lipinski definition) is 1. The lowest BCUT2D eigenvalue weighted by Crippen LogP contribution is -1.99. The highest BCUT2D eigenvalue weighted by atomic mass is 32.2. The number of benzene rings is 1. The van der Waals surface area contributed by atoms with Gasteiger partial charge in [-0.05, 0) is 36.7 Å². The van der Waals surface area contributed by atoms with Crippen LogP contribution in [0, 0.1) is 6.92 Å². The number of hydrogen-bond acceptors (Lipinski definition) is 6. The molecular formula is C11H10N2O3S2. The fourth-order valence-corrected chi connectivity index (χ4v) is 3.06. The van der Waals surface area contributed by atoms with Crippen molar-refractivity contribution in [2.45, 2.75) is 16.2 Å². The molecule has 7 heteroatoms. The first-order valence-corrected chi connectivity index (χ1v) is 6.58. The van der Waals surface area contributed by atoms with Gasteiger partial charge in [-0.1, -0.05) is 11.8 Å². The van der Waals surface area contributed by atoms with Crippen molar-refractivity contribution in [1.82, 2.24) is 9.36 Å². The SMILES string of the molecule is COc1ccc(C(=O)O)c(Sc2nc(C)ns2)c1. The molecule has 0 aliphatic heterocycles. The van der Waals surface area contributed by atoms with Crippen LogP contribution in [-0.4, -0.2) is 27.5 Å². The molecule has 2 aromatic rings. The van der Waals surface area contributed by atoms with Crippen LogP contribution < -0.4 is 4.74 Å². The maximum Gasteiger partial charge on any atom is 0.336 e. The van der Waals surface area contributed by atoms with Crippen molar-refractivity contribution < 1.29 is 14.6 Å². The molecule has 0 bridgehead atoms. The summed E-state index contributed by atoms with van der Waals surface area (Å²) in [5.74, 6) is 0.326. The number of aryl methyl sites for hydroxylation is 1. The highest BCUT2D eigenvalue weighted by molar-refractivity contribution is 8.01. The maximum absolute atomic E-state index is 11.1. The van der Waals surface area contributed by atoms with E-state index in [0.717, 1.165) is 0 Å². The van der Waals surface area contributed by atoms with Gasteiger partial charge in [-0.15, -0.1) is 0 Å². The molecule has 5 nitrogen and oxygen atoms in total. The molecule has 0 radical (unpaired) electrons. The molecule has 0 fully saturated rings. The Morgan fingerprint density at radius 3 is 2.83 bits per heavy atom. The van der Waals surface area contributed by atoms with Crippen molar-refractivity contribution in [2.75, 3.05) is 7.11 Å². The van der Waals surface area contributed by atoms with Gasteiger partial charge in [-0.25, -0.2) is 9.78 Å². The van der Waals surface area contributed by atoms with E-state index in [9.17, 15) is 4.79 Å². The summed E-state index contributed by atoms with van der Waals surface area (Å²) in [6.45, 7) is 1.80. The Kier molecular flexibility index (Phi) is 3.83. The molecule has 0 spiro atoms. The smallest absolute Gasteiger partial charge is 0.336 e. The van der Waals surface area contributed by atoms with Crippen molar-refractivity contribution in [3.8, 4) is 5.75 Å². The molecule has 0 aliphatic carbocycles. The molecule has 1 N–H and O–H groups in total. The Hall–Kier alpha value is -1.60. The van der Waals surface area contributed by atoms with E-state index < -0.39 is 5.97 Å². The van der Waals surface area contributed by atoms with Gasteiger partial charge in [0.05, 0.1) is 12.7 Å². The molecule has 2 rings (SSSR count). The largest absolute Gasteiger partial charge is 0.497 e. The van der Waals surface area contributed by atoms with Gasteiger partial charge in [0, 0.05) is 4.90 Å². The summed E-state index contributed by atoms with van der Waals surface area (Å²) in [6.07, 6.45) is 0. The molecule has 1 aromatic carbocycles. The van der Waals surface area contributed by atoms with Gasteiger partial charge in [0.25, 0.3) is 0 Å². The minimum absolute atomic E-state index is 0.230. The van der Waals surface area contributed by atoms with Crippen molar-refractivity contribution in [3.05, 3.63) is 29.6 Å². The molecule has 0 unspecified atom stereocenters. The lowest BCUT2D eigenvalue weighted by molar-refractivity contribution is 0.0693. The van der Waals surface area contributed by atoms with Gasteiger partial charge in [0.15, 0.2) is 4.34 Å². The van der Waals surface area contributed by atoms with Crippen LogP contribution in [0.25, 0.3) is 0 Å². The van der Waals surface area contributed by atoms with E-state index in [4.69, 9.17) is 9.84 Å². The van der Waals surface area contributed by atoms with Crippen LogP contribution >= 0.6 is 23.3 Å². The third-order valence-electron chi connectivity index (χ3n) is 2.13. The molecule has 94 valence electrons. The van der Waals surface area contributed by atoms with E-state index in [0.29, 0.717) is 20.8 Å². The lowest BCUT2D eigenvalue weighted by atomic mass is 10.2. The molecule has 0 amide bonds. The first-order valence-electron chi connectivity index (χ1n) is 4.99. The topological polar surface area (TPSA) is 72.3 Å². The van der Waals surface area contributed by atoms with Crippen LogP contribution in [0.3, 0.4) is 0 Å². The zero-order valence-corrected chi connectivity index (χ0v) is 11.3. The minimum Gasteiger partial charge on any atom is -0.497 e. The van der Waals surface area contributed by atoms with E-state index in [1.807, 2.05) is 0 Å². The Bertz CT molecular complexity index is 583. The van der Waals surface area contributed by atoms with E-state index in [2.05, 4.69) is 9.36 Å². The fraction of sp³-hybridized carbons (Fsp3) is 0.182. The molecule has 18 heavy (non-hydrogen) atoms. The number of aromatic nitrogens is 2. The summed E-state index contributed by atoms with van der Waals surface area (Å²) in [4.78, 5) is 15.9. The minimum atomic E-state index is -0.971. The van der Waals surface area contributed by atoms with Crippen molar-refractivity contribution in [2.24, 2.45) is 0 Å². The second-order valence-corrected chi connectivity index (χ2v) is 5.42. The zero-order chi connectivity index (χ0) is 13.1. The molecule has 1 heterocycles. The van der Waals surface area contributed by atoms with Crippen molar-refractivity contribution in [3.63, 3.8) is 0 Å². The molecule has 1 aromatic heterocycles. The number of aromatic carboxylic acids is 1. The van der Waals surface area contributed by atoms with Crippen molar-refractivity contribution in [1.29, 1.82) is 0 Å². The second-order valence-electron chi connectivity index (χ2n) is 3.38. The number of nitrogens with zero attached hydrogens (tertiary/aromatic N) is 2. The Morgan fingerprint density at radius 2 is 2.28 bits per heavy atom. The van der Waals surface area contributed by atoms with Gasteiger partial charge in [0.1, 0.15) is 11.6 Å². The summed E-state index contributed by atoms with van der Waals surface area (Å²) < 4.78 is 9.87. The number of carboxylic acids is 1. The Labute approximate surface area is 112 Å². The van der Waals surface area contributed by atoms with Gasteiger partial charge in [-0.3, -0.25) is 0 Å². The fourth-order valence-electron chi connectivity index (χ4n) is 1.30. The molecule has 0 atom stereocenters. The highest BCUT2D eigenvalue weighted by Gasteiger charge is 2.14. The standard InChI is InChI=1S/C11H10N2O3S2/c1-6-12-11(18-13-6)17-9-5-7(16-2)3-4-8(9)10(14)15/h3-5H,1-2H3,(H,14,15). The molecule has 0 saturated carbocycles. The predicted molar refractivity (Wildman–Crippen MR) is 68.7 cm³/mol. The number of carboxylic acid groups (broad SMARTS) is 1. The first kappa shape index (κ1) is 12.8. The van der Waals surface area contributed by atoms with Crippen molar-refractivity contribution >= 4 is 29.3 Å². The van der Waals surface area contributed by atoms with Crippen LogP contribution in [0.5, 0.6) is 5.75 Å². The average Bonchev–Trinajstić information content (AvgIpc) is 2.74. The van der Waals surface area contributed by atoms with E-state index in [-0.39, 0.29) is 5.56 Å². The average molecular weight is 282 g/mol. The third-order valence-corrected chi connectivity index (χ3v) is 4.03. The Balaban J connectivity index is 2.37. The number of rotatable bonds is 4. The highest BCUT2D eigenvalue weighted by Crippen LogP contribution is 2.34. The van der Waals surface area contributed by atoms with E-state index in [1.54, 1.807) is 26.2 Å². The first-order chi connectivity index (χ1) is 8.60. The van der Waals surface area contributed by atoms with E-state index in [1.165, 1.54) is 29.4 Å². The summed E-state index contributed by atoms with van der Waals surface area (Å²) in [7, 11) is 1.54. The molecule has 0 saturated heterocycles.